The van der Waals surface area contributed by atoms with E-state index in [9.17, 15) is 18.0 Å². The molecule has 28 heavy (non-hydrogen) atoms. The summed E-state index contributed by atoms with van der Waals surface area (Å²) in [4.78, 5) is 24.1. The number of hydrogen-bond donors (Lipinski definition) is 1. The molecule has 1 N–H and O–H groups in total. The summed E-state index contributed by atoms with van der Waals surface area (Å²) in [6.07, 6.45) is 9.30. The normalized spacial score (nSPS) is 16.2. The van der Waals surface area contributed by atoms with Gasteiger partial charge >= 0.3 is 0 Å². The van der Waals surface area contributed by atoms with E-state index >= 15 is 0 Å². The highest BCUT2D eigenvalue weighted by atomic mass is 32.2. The largest absolute Gasteiger partial charge is 0.500 e. The average Bonchev–Trinajstić information content (AvgIpc) is 2.85. The number of unbranched alkanes of at least 4 members (excludes halogenated alkanes) is 6. The van der Waals surface area contributed by atoms with Crippen molar-refractivity contribution in [1.29, 1.82) is 0 Å². The third-order valence-electron chi connectivity index (χ3n) is 4.68. The number of rotatable bonds is 11. The summed E-state index contributed by atoms with van der Waals surface area (Å²) in [7, 11) is -3.87. The monoisotopic (exact) mass is 407 g/mol. The van der Waals surface area contributed by atoms with Crippen molar-refractivity contribution in [3.8, 4) is 0 Å². The van der Waals surface area contributed by atoms with Gasteiger partial charge in [0, 0.05) is 17.7 Å². The zero-order chi connectivity index (χ0) is 20.6. The Labute approximate surface area is 167 Å². The number of carbonyl (C=O) groups excluding carboxylic acids is 2. The Bertz CT molecular complexity index is 842. The molecule has 1 aromatic rings. The van der Waals surface area contributed by atoms with Crippen LogP contribution in [0.25, 0.3) is 0 Å². The first-order chi connectivity index (χ1) is 13.4. The highest BCUT2D eigenvalue weighted by Gasteiger charge is 2.40. The fraction of sp³-hybridized carbons (Fsp3) is 0.524. The van der Waals surface area contributed by atoms with Gasteiger partial charge in [-0.25, -0.2) is 8.42 Å². The Kier molecular flexibility index (Phi) is 8.23. The van der Waals surface area contributed by atoms with Gasteiger partial charge in [-0.05, 0) is 31.5 Å². The molecule has 0 unspecified atom stereocenters. The lowest BCUT2D eigenvalue weighted by Crippen LogP contribution is -2.11. The van der Waals surface area contributed by atoms with Crippen LogP contribution in [0.1, 0.15) is 75.6 Å². The van der Waals surface area contributed by atoms with Gasteiger partial charge in [0.05, 0.1) is 11.5 Å². The van der Waals surface area contributed by atoms with Gasteiger partial charge in [0.25, 0.3) is 0 Å². The standard InChI is InChI=1S/C21H29NO5S/c1-3-5-6-7-8-9-10-11-20(23)22-16-12-13-18-17(14-16)21(24)19(15-27-4-2)28(18,25)26/h12-15H,3-11H2,1-2H3,(H,22,23)/b19-15+. The Morgan fingerprint density at radius 2 is 1.75 bits per heavy atom. The van der Waals surface area contributed by atoms with Gasteiger partial charge < -0.3 is 10.1 Å². The third kappa shape index (κ3) is 5.44. The lowest BCUT2D eigenvalue weighted by atomic mass is 10.1. The molecule has 1 amide bonds. The highest BCUT2D eigenvalue weighted by Crippen LogP contribution is 2.35. The lowest BCUT2D eigenvalue weighted by molar-refractivity contribution is -0.116. The molecule has 1 aliphatic rings. The maximum absolute atomic E-state index is 12.4. The Balaban J connectivity index is 1.94. The second-order valence-electron chi connectivity index (χ2n) is 6.90. The van der Waals surface area contributed by atoms with E-state index in [2.05, 4.69) is 12.2 Å². The molecule has 1 aromatic carbocycles. The number of ketones is 1. The van der Waals surface area contributed by atoms with Crippen LogP contribution in [0.3, 0.4) is 0 Å². The molecule has 0 atom stereocenters. The molecule has 6 nitrogen and oxygen atoms in total. The van der Waals surface area contributed by atoms with E-state index in [1.54, 1.807) is 6.92 Å². The molecule has 1 aliphatic heterocycles. The molecular weight excluding hydrogens is 378 g/mol. The zero-order valence-electron chi connectivity index (χ0n) is 16.6. The summed E-state index contributed by atoms with van der Waals surface area (Å²) in [6, 6.07) is 4.29. The van der Waals surface area contributed by atoms with Crippen molar-refractivity contribution in [1.82, 2.24) is 0 Å². The van der Waals surface area contributed by atoms with Gasteiger partial charge in [0.2, 0.25) is 21.5 Å². The minimum atomic E-state index is -3.87. The number of Topliss-reactive ketones (excluding diaryl/α,β-unsaturated/α-hetero) is 1. The number of fused-ring (bicyclic) bond motifs is 1. The van der Waals surface area contributed by atoms with Crippen LogP contribution in [0, 0.1) is 0 Å². The van der Waals surface area contributed by atoms with Crippen LogP contribution >= 0.6 is 0 Å². The summed E-state index contributed by atoms with van der Waals surface area (Å²) < 4.78 is 29.9. The first-order valence-electron chi connectivity index (χ1n) is 9.97. The van der Waals surface area contributed by atoms with Crippen LogP contribution in [0.2, 0.25) is 0 Å². The zero-order valence-corrected chi connectivity index (χ0v) is 17.4. The van der Waals surface area contributed by atoms with Crippen molar-refractivity contribution in [2.45, 2.75) is 70.1 Å². The molecule has 0 saturated heterocycles. The highest BCUT2D eigenvalue weighted by molar-refractivity contribution is 7.97. The molecule has 0 bridgehead atoms. The maximum Gasteiger partial charge on any atom is 0.224 e. The van der Waals surface area contributed by atoms with Crippen LogP contribution < -0.4 is 5.32 Å². The molecule has 2 rings (SSSR count). The quantitative estimate of drug-likeness (QED) is 0.329. The second kappa shape index (κ2) is 10.4. The van der Waals surface area contributed by atoms with Crippen LogP contribution in [0.4, 0.5) is 5.69 Å². The van der Waals surface area contributed by atoms with Gasteiger partial charge in [0.15, 0.2) is 4.91 Å². The average molecular weight is 408 g/mol. The Morgan fingerprint density at radius 3 is 2.43 bits per heavy atom. The molecule has 0 spiro atoms. The fourth-order valence-electron chi connectivity index (χ4n) is 3.13. The van der Waals surface area contributed by atoms with E-state index in [0.717, 1.165) is 25.5 Å². The topological polar surface area (TPSA) is 89.5 Å². The van der Waals surface area contributed by atoms with Gasteiger partial charge in [-0.1, -0.05) is 45.4 Å². The molecule has 1 heterocycles. The molecule has 0 fully saturated rings. The molecule has 0 aromatic heterocycles. The number of anilines is 1. The molecule has 0 saturated carbocycles. The van der Waals surface area contributed by atoms with Crippen LogP contribution in [-0.4, -0.2) is 26.7 Å². The third-order valence-corrected chi connectivity index (χ3v) is 6.47. The van der Waals surface area contributed by atoms with Crippen LogP contribution in [-0.2, 0) is 19.4 Å². The number of hydrogen-bond acceptors (Lipinski definition) is 5. The first-order valence-corrected chi connectivity index (χ1v) is 11.5. The van der Waals surface area contributed by atoms with E-state index in [1.165, 1.54) is 43.9 Å². The summed E-state index contributed by atoms with van der Waals surface area (Å²) in [6.45, 7) is 4.15. The fourth-order valence-corrected chi connectivity index (χ4v) is 4.61. The number of amides is 1. The predicted molar refractivity (Wildman–Crippen MR) is 109 cm³/mol. The molecule has 154 valence electrons. The number of sulfone groups is 1. The lowest BCUT2D eigenvalue weighted by Gasteiger charge is -2.06. The van der Waals surface area contributed by atoms with Crippen molar-refractivity contribution >= 4 is 27.2 Å². The minimum absolute atomic E-state index is 0.0477. The van der Waals surface area contributed by atoms with Crippen molar-refractivity contribution in [2.24, 2.45) is 0 Å². The Hall–Kier alpha value is -2.15. The molecular formula is C21H29NO5S. The minimum Gasteiger partial charge on any atom is -0.500 e. The van der Waals surface area contributed by atoms with Crippen molar-refractivity contribution < 1.29 is 22.7 Å². The van der Waals surface area contributed by atoms with E-state index < -0.39 is 15.6 Å². The van der Waals surface area contributed by atoms with E-state index in [-0.39, 0.29) is 27.9 Å². The van der Waals surface area contributed by atoms with E-state index in [4.69, 9.17) is 4.74 Å². The van der Waals surface area contributed by atoms with Crippen molar-refractivity contribution in [3.05, 3.63) is 34.9 Å². The molecule has 0 aliphatic carbocycles. The summed E-state index contributed by atoms with van der Waals surface area (Å²) >= 11 is 0. The van der Waals surface area contributed by atoms with E-state index in [1.807, 2.05) is 0 Å². The predicted octanol–water partition coefficient (Wildman–Crippen LogP) is 4.61. The number of ether oxygens (including phenoxy) is 1. The smallest absolute Gasteiger partial charge is 0.224 e. The van der Waals surface area contributed by atoms with Crippen molar-refractivity contribution in [3.63, 3.8) is 0 Å². The SMILES string of the molecule is CCCCCCCCCC(=O)Nc1ccc2c(c1)C(=O)/C(=C\OCC)S2(=O)=O. The number of carbonyl (C=O) groups is 2. The number of benzene rings is 1. The Morgan fingerprint density at radius 1 is 1.07 bits per heavy atom. The van der Waals surface area contributed by atoms with Gasteiger partial charge in [-0.3, -0.25) is 9.59 Å². The molecule has 7 heteroatoms. The number of allylic oxidation sites excluding steroid dienone is 1. The summed E-state index contributed by atoms with van der Waals surface area (Å²) in [5.74, 6) is -0.737. The summed E-state index contributed by atoms with van der Waals surface area (Å²) in [5.41, 5.74) is 0.493. The van der Waals surface area contributed by atoms with Crippen LogP contribution in [0.15, 0.2) is 34.3 Å². The van der Waals surface area contributed by atoms with Crippen molar-refractivity contribution in [2.75, 3.05) is 11.9 Å². The second-order valence-corrected chi connectivity index (χ2v) is 8.79. The number of nitrogens with one attached hydrogen (secondary N) is 1. The first kappa shape index (κ1) is 22.1. The van der Waals surface area contributed by atoms with Crippen LogP contribution in [0.5, 0.6) is 0 Å². The van der Waals surface area contributed by atoms with Gasteiger partial charge in [-0.15, -0.1) is 0 Å². The van der Waals surface area contributed by atoms with Gasteiger partial charge in [-0.2, -0.15) is 0 Å². The van der Waals surface area contributed by atoms with Gasteiger partial charge in [0.1, 0.15) is 6.26 Å². The van der Waals surface area contributed by atoms with E-state index in [0.29, 0.717) is 12.1 Å². The summed E-state index contributed by atoms with van der Waals surface area (Å²) in [5, 5.41) is 2.75. The molecule has 0 radical (unpaired) electrons. The maximum atomic E-state index is 12.4.